The number of benzene rings is 1. The first kappa shape index (κ1) is 11.0. The second kappa shape index (κ2) is 4.99. The summed E-state index contributed by atoms with van der Waals surface area (Å²) in [5.41, 5.74) is 0.216. The number of carbonyl (C=O) groups is 2. The first-order chi connectivity index (χ1) is 7.15. The molecule has 0 aromatic heterocycles. The van der Waals surface area contributed by atoms with Gasteiger partial charge in [-0.2, -0.15) is 0 Å². The molecule has 3 N–H and O–H groups in total. The molecule has 0 atom stereocenters. The Bertz CT molecular complexity index is 377. The molecule has 5 nitrogen and oxygen atoms in total. The van der Waals surface area contributed by atoms with Gasteiger partial charge < -0.3 is 15.7 Å². The van der Waals surface area contributed by atoms with Gasteiger partial charge in [-0.1, -0.05) is 12.1 Å². The smallest absolute Gasteiger partial charge is 0.313 e. The van der Waals surface area contributed by atoms with Gasteiger partial charge in [0.05, 0.1) is 5.69 Å². The van der Waals surface area contributed by atoms with Crippen molar-refractivity contribution < 1.29 is 14.7 Å². The molecule has 15 heavy (non-hydrogen) atoms. The highest BCUT2D eigenvalue weighted by Gasteiger charge is 2.13. The summed E-state index contributed by atoms with van der Waals surface area (Å²) in [6, 6.07) is 6.20. The van der Waals surface area contributed by atoms with Crippen molar-refractivity contribution >= 4 is 17.5 Å². The van der Waals surface area contributed by atoms with Crippen molar-refractivity contribution in [3.63, 3.8) is 0 Å². The number of carbonyl (C=O) groups excluding carboxylic acids is 2. The van der Waals surface area contributed by atoms with Gasteiger partial charge in [-0.3, -0.25) is 9.59 Å². The Kier molecular flexibility index (Phi) is 3.68. The van der Waals surface area contributed by atoms with Crippen LogP contribution in [-0.2, 0) is 9.59 Å². The van der Waals surface area contributed by atoms with Gasteiger partial charge in [-0.05, 0) is 19.1 Å². The molecule has 0 unspecified atom stereocenters. The zero-order chi connectivity index (χ0) is 11.3. The maximum Gasteiger partial charge on any atom is 0.313 e. The van der Waals surface area contributed by atoms with Crippen LogP contribution in [0.25, 0.3) is 0 Å². The second-order valence-electron chi connectivity index (χ2n) is 2.83. The number of nitrogens with one attached hydrogen (secondary N) is 2. The third-order valence-corrected chi connectivity index (χ3v) is 1.70. The molecule has 0 saturated carbocycles. The number of hydrogen-bond acceptors (Lipinski definition) is 3. The minimum atomic E-state index is -0.793. The summed E-state index contributed by atoms with van der Waals surface area (Å²) in [5, 5.41) is 14.0. The third kappa shape index (κ3) is 2.98. The summed E-state index contributed by atoms with van der Waals surface area (Å²) in [5.74, 6) is -1.59. The van der Waals surface area contributed by atoms with Crippen LogP contribution in [0, 0.1) is 0 Å². The summed E-state index contributed by atoms with van der Waals surface area (Å²) in [6.07, 6.45) is 0. The van der Waals surface area contributed by atoms with Gasteiger partial charge in [-0.15, -0.1) is 0 Å². The van der Waals surface area contributed by atoms with Gasteiger partial charge in [0, 0.05) is 6.54 Å². The zero-order valence-corrected chi connectivity index (χ0v) is 8.28. The normalized spacial score (nSPS) is 9.40. The molecule has 0 spiro atoms. The summed E-state index contributed by atoms with van der Waals surface area (Å²) >= 11 is 0. The second-order valence-corrected chi connectivity index (χ2v) is 2.83. The summed E-state index contributed by atoms with van der Waals surface area (Å²) in [4.78, 5) is 22.3. The Hall–Kier alpha value is -2.04. The number of hydrogen-bond donors (Lipinski definition) is 3. The number of anilines is 1. The van der Waals surface area contributed by atoms with Crippen LogP contribution in [0.2, 0.25) is 0 Å². The fourth-order valence-corrected chi connectivity index (χ4v) is 0.999. The molecular formula is C10H12N2O3. The van der Waals surface area contributed by atoms with E-state index in [9.17, 15) is 14.7 Å². The molecule has 5 heteroatoms. The van der Waals surface area contributed by atoms with Gasteiger partial charge >= 0.3 is 11.8 Å². The Labute approximate surface area is 87.1 Å². The Morgan fingerprint density at radius 3 is 2.53 bits per heavy atom. The maximum atomic E-state index is 11.2. The number of para-hydroxylation sites is 2. The summed E-state index contributed by atoms with van der Waals surface area (Å²) < 4.78 is 0. The number of amides is 2. The van der Waals surface area contributed by atoms with E-state index < -0.39 is 11.8 Å². The van der Waals surface area contributed by atoms with Crippen LogP contribution in [0.15, 0.2) is 24.3 Å². The van der Waals surface area contributed by atoms with Crippen LogP contribution in [0.3, 0.4) is 0 Å². The minimum Gasteiger partial charge on any atom is -0.506 e. The molecule has 0 aliphatic heterocycles. The van der Waals surface area contributed by atoms with Crippen LogP contribution in [0.5, 0.6) is 5.75 Å². The average Bonchev–Trinajstić information content (AvgIpc) is 2.21. The molecule has 1 aromatic carbocycles. The van der Waals surface area contributed by atoms with E-state index in [1.165, 1.54) is 12.1 Å². The molecule has 0 aliphatic carbocycles. The highest BCUT2D eigenvalue weighted by atomic mass is 16.3. The molecule has 0 bridgehead atoms. The number of phenolic OH excluding ortho intramolecular Hbond substituents is 1. The molecule has 2 amide bonds. The van der Waals surface area contributed by atoms with E-state index in [4.69, 9.17) is 0 Å². The molecule has 0 radical (unpaired) electrons. The highest BCUT2D eigenvalue weighted by molar-refractivity contribution is 6.39. The van der Waals surface area contributed by atoms with Crippen molar-refractivity contribution in [3.05, 3.63) is 24.3 Å². The Morgan fingerprint density at radius 1 is 1.27 bits per heavy atom. The minimum absolute atomic E-state index is 0.0739. The molecule has 0 saturated heterocycles. The van der Waals surface area contributed by atoms with E-state index in [2.05, 4.69) is 10.6 Å². The molecule has 1 rings (SSSR count). The van der Waals surface area contributed by atoms with Crippen LogP contribution >= 0.6 is 0 Å². The van der Waals surface area contributed by atoms with Crippen molar-refractivity contribution in [1.29, 1.82) is 0 Å². The first-order valence-corrected chi connectivity index (χ1v) is 4.52. The number of rotatable bonds is 2. The van der Waals surface area contributed by atoms with E-state index >= 15 is 0 Å². The predicted molar refractivity (Wildman–Crippen MR) is 55.4 cm³/mol. The van der Waals surface area contributed by atoms with Gasteiger partial charge in [0.1, 0.15) is 5.75 Å². The van der Waals surface area contributed by atoms with Gasteiger partial charge in [0.15, 0.2) is 0 Å². The van der Waals surface area contributed by atoms with E-state index in [0.29, 0.717) is 6.54 Å². The quantitative estimate of drug-likeness (QED) is 0.488. The number of phenols is 1. The van der Waals surface area contributed by atoms with Crippen LogP contribution in [0.1, 0.15) is 6.92 Å². The topological polar surface area (TPSA) is 78.4 Å². The zero-order valence-electron chi connectivity index (χ0n) is 8.28. The maximum absolute atomic E-state index is 11.2. The third-order valence-electron chi connectivity index (χ3n) is 1.70. The van der Waals surface area contributed by atoms with Gasteiger partial charge in [-0.25, -0.2) is 0 Å². The van der Waals surface area contributed by atoms with Crippen molar-refractivity contribution in [1.82, 2.24) is 5.32 Å². The lowest BCUT2D eigenvalue weighted by atomic mass is 10.3. The fraction of sp³-hybridized carbons (Fsp3) is 0.200. The standard InChI is InChI=1S/C10H12N2O3/c1-2-11-9(14)10(15)12-7-5-3-4-6-8(7)13/h3-6,13H,2H2,1H3,(H,11,14)(H,12,15). The van der Waals surface area contributed by atoms with E-state index in [0.717, 1.165) is 0 Å². The molecule has 1 aromatic rings. The lowest BCUT2D eigenvalue weighted by Gasteiger charge is -2.06. The lowest BCUT2D eigenvalue weighted by Crippen LogP contribution is -2.35. The van der Waals surface area contributed by atoms with Crippen molar-refractivity contribution in [2.45, 2.75) is 6.92 Å². The van der Waals surface area contributed by atoms with Crippen molar-refractivity contribution in [2.24, 2.45) is 0 Å². The average molecular weight is 208 g/mol. The fourth-order valence-electron chi connectivity index (χ4n) is 0.999. The largest absolute Gasteiger partial charge is 0.506 e. The Balaban J connectivity index is 2.67. The van der Waals surface area contributed by atoms with Gasteiger partial charge in [0.25, 0.3) is 0 Å². The number of aromatic hydroxyl groups is 1. The van der Waals surface area contributed by atoms with Crippen LogP contribution in [-0.4, -0.2) is 23.5 Å². The number of likely N-dealkylation sites (N-methyl/N-ethyl adjacent to an activating group) is 1. The summed E-state index contributed by atoms with van der Waals surface area (Å²) in [7, 11) is 0. The SMILES string of the molecule is CCNC(=O)C(=O)Nc1ccccc1O. The molecular weight excluding hydrogens is 196 g/mol. The molecule has 0 fully saturated rings. The van der Waals surface area contributed by atoms with E-state index in [1.54, 1.807) is 19.1 Å². The molecule has 0 aliphatic rings. The van der Waals surface area contributed by atoms with E-state index in [1.807, 2.05) is 0 Å². The Morgan fingerprint density at radius 2 is 1.93 bits per heavy atom. The predicted octanol–water partition coefficient (Wildman–Crippen LogP) is 0.467. The van der Waals surface area contributed by atoms with Crippen LogP contribution in [0.4, 0.5) is 5.69 Å². The van der Waals surface area contributed by atoms with Crippen LogP contribution < -0.4 is 10.6 Å². The molecule has 80 valence electrons. The molecule has 0 heterocycles. The van der Waals surface area contributed by atoms with E-state index in [-0.39, 0.29) is 11.4 Å². The highest BCUT2D eigenvalue weighted by Crippen LogP contribution is 2.20. The first-order valence-electron chi connectivity index (χ1n) is 4.52. The monoisotopic (exact) mass is 208 g/mol. The van der Waals surface area contributed by atoms with Crippen molar-refractivity contribution in [3.8, 4) is 5.75 Å². The lowest BCUT2D eigenvalue weighted by molar-refractivity contribution is -0.136. The van der Waals surface area contributed by atoms with Gasteiger partial charge in [0.2, 0.25) is 0 Å². The summed E-state index contributed by atoms with van der Waals surface area (Å²) in [6.45, 7) is 2.10. The van der Waals surface area contributed by atoms with Crippen molar-refractivity contribution in [2.75, 3.05) is 11.9 Å².